The average molecular weight is 290 g/mol. The molecule has 1 aromatic heterocycles. The Morgan fingerprint density at radius 1 is 1.25 bits per heavy atom. The van der Waals surface area contributed by atoms with Gasteiger partial charge < -0.3 is 10.6 Å². The van der Waals surface area contributed by atoms with Crippen LogP contribution in [0.4, 0.5) is 11.4 Å². The summed E-state index contributed by atoms with van der Waals surface area (Å²) in [5.74, 6) is -0.0209. The van der Waals surface area contributed by atoms with Crippen LogP contribution in [0, 0.1) is 0 Å². The summed E-state index contributed by atoms with van der Waals surface area (Å²) in [6.07, 6.45) is 3.94. The summed E-state index contributed by atoms with van der Waals surface area (Å²) in [6, 6.07) is 9.25. The summed E-state index contributed by atoms with van der Waals surface area (Å²) in [7, 11) is 0. The van der Waals surface area contributed by atoms with E-state index in [2.05, 4.69) is 15.6 Å². The van der Waals surface area contributed by atoms with Gasteiger partial charge in [0.05, 0.1) is 10.7 Å². The Hall–Kier alpha value is -2.07. The molecule has 104 valence electrons. The van der Waals surface area contributed by atoms with Crippen LogP contribution in [0.1, 0.15) is 18.9 Å². The van der Waals surface area contributed by atoms with Crippen LogP contribution in [0.25, 0.3) is 0 Å². The maximum atomic E-state index is 11.4. The van der Waals surface area contributed by atoms with Gasteiger partial charge in [0.2, 0.25) is 5.91 Å². The fourth-order valence-corrected chi connectivity index (χ4v) is 1.87. The number of nitrogens with one attached hydrogen (secondary N) is 2. The molecule has 0 saturated carbocycles. The first-order valence-electron chi connectivity index (χ1n) is 6.41. The molecule has 0 aliphatic heterocycles. The van der Waals surface area contributed by atoms with Crippen LogP contribution in [-0.4, -0.2) is 10.9 Å². The summed E-state index contributed by atoms with van der Waals surface area (Å²) < 4.78 is 0. The topological polar surface area (TPSA) is 54.0 Å². The van der Waals surface area contributed by atoms with E-state index in [0.717, 1.165) is 16.9 Å². The predicted molar refractivity (Wildman–Crippen MR) is 81.9 cm³/mol. The highest BCUT2D eigenvalue weighted by molar-refractivity contribution is 6.33. The van der Waals surface area contributed by atoms with Crippen LogP contribution in [-0.2, 0) is 11.3 Å². The molecule has 0 unspecified atom stereocenters. The molecule has 2 N–H and O–H groups in total. The van der Waals surface area contributed by atoms with Crippen LogP contribution in [0.3, 0.4) is 0 Å². The lowest BCUT2D eigenvalue weighted by atomic mass is 10.2. The summed E-state index contributed by atoms with van der Waals surface area (Å²) in [6.45, 7) is 2.46. The number of anilines is 2. The van der Waals surface area contributed by atoms with Crippen LogP contribution in [0.5, 0.6) is 0 Å². The average Bonchev–Trinajstić information content (AvgIpc) is 2.48. The van der Waals surface area contributed by atoms with Crippen LogP contribution in [0.2, 0.25) is 5.02 Å². The lowest BCUT2D eigenvalue weighted by Crippen LogP contribution is -2.09. The van der Waals surface area contributed by atoms with Gasteiger partial charge in [-0.25, -0.2) is 0 Å². The minimum atomic E-state index is -0.0209. The highest BCUT2D eigenvalue weighted by atomic mass is 35.5. The normalized spacial score (nSPS) is 10.1. The van der Waals surface area contributed by atoms with Gasteiger partial charge in [0.25, 0.3) is 0 Å². The molecule has 1 aromatic carbocycles. The molecule has 0 aliphatic carbocycles. The summed E-state index contributed by atoms with van der Waals surface area (Å²) in [4.78, 5) is 15.4. The number of halogens is 1. The highest BCUT2D eigenvalue weighted by Crippen LogP contribution is 2.26. The number of rotatable bonds is 5. The molecule has 0 saturated heterocycles. The fraction of sp³-hybridized carbons (Fsp3) is 0.200. The Morgan fingerprint density at radius 3 is 2.70 bits per heavy atom. The molecule has 2 rings (SSSR count). The monoisotopic (exact) mass is 289 g/mol. The third-order valence-corrected chi connectivity index (χ3v) is 3.13. The van der Waals surface area contributed by atoms with Gasteiger partial charge in [0.15, 0.2) is 0 Å². The van der Waals surface area contributed by atoms with Gasteiger partial charge in [0.1, 0.15) is 0 Å². The first kappa shape index (κ1) is 14.3. The van der Waals surface area contributed by atoms with E-state index in [1.54, 1.807) is 24.5 Å². The quantitative estimate of drug-likeness (QED) is 0.882. The summed E-state index contributed by atoms with van der Waals surface area (Å²) in [5, 5.41) is 6.68. The number of hydrogen-bond donors (Lipinski definition) is 2. The van der Waals surface area contributed by atoms with E-state index < -0.39 is 0 Å². The van der Waals surface area contributed by atoms with Crippen molar-refractivity contribution in [3.8, 4) is 0 Å². The molecule has 0 fully saturated rings. The molecule has 2 aromatic rings. The standard InChI is InChI=1S/C15H16ClN3O/c1-2-15(20)19-12-3-4-13(16)14(9-12)18-10-11-5-7-17-8-6-11/h3-9,18H,2,10H2,1H3,(H,19,20). The second-order valence-electron chi connectivity index (χ2n) is 4.31. The van der Waals surface area contributed by atoms with Gasteiger partial charge in [-0.15, -0.1) is 0 Å². The Kier molecular flexibility index (Phi) is 4.96. The van der Waals surface area contributed by atoms with E-state index in [9.17, 15) is 4.79 Å². The summed E-state index contributed by atoms with van der Waals surface area (Å²) >= 11 is 6.15. The predicted octanol–water partition coefficient (Wildman–Crippen LogP) is 3.70. The molecule has 4 nitrogen and oxygen atoms in total. The molecular weight excluding hydrogens is 274 g/mol. The number of carbonyl (C=O) groups is 1. The van der Waals surface area contributed by atoms with E-state index in [4.69, 9.17) is 11.6 Å². The largest absolute Gasteiger partial charge is 0.380 e. The maximum absolute atomic E-state index is 11.4. The van der Waals surface area contributed by atoms with Crippen molar-refractivity contribution in [1.82, 2.24) is 4.98 Å². The smallest absolute Gasteiger partial charge is 0.224 e. The van der Waals surface area contributed by atoms with Crippen molar-refractivity contribution in [3.05, 3.63) is 53.3 Å². The molecule has 0 spiro atoms. The van der Waals surface area contributed by atoms with Crippen molar-refractivity contribution in [1.29, 1.82) is 0 Å². The first-order chi connectivity index (χ1) is 9.69. The van der Waals surface area contributed by atoms with Crippen molar-refractivity contribution < 1.29 is 4.79 Å². The minimum absolute atomic E-state index is 0.0209. The Balaban J connectivity index is 2.06. The second kappa shape index (κ2) is 6.91. The molecule has 0 radical (unpaired) electrons. The molecule has 1 amide bonds. The zero-order valence-corrected chi connectivity index (χ0v) is 11.9. The van der Waals surface area contributed by atoms with Gasteiger partial charge in [-0.05, 0) is 35.9 Å². The number of amides is 1. The lowest BCUT2D eigenvalue weighted by Gasteiger charge is -2.11. The van der Waals surface area contributed by atoms with Crippen LogP contribution >= 0.6 is 11.6 Å². The van der Waals surface area contributed by atoms with Crippen molar-refractivity contribution >= 4 is 28.9 Å². The van der Waals surface area contributed by atoms with Crippen molar-refractivity contribution in [2.45, 2.75) is 19.9 Å². The zero-order valence-electron chi connectivity index (χ0n) is 11.2. The molecule has 5 heteroatoms. The van der Waals surface area contributed by atoms with Crippen LogP contribution < -0.4 is 10.6 Å². The van der Waals surface area contributed by atoms with Gasteiger partial charge in [-0.3, -0.25) is 9.78 Å². The minimum Gasteiger partial charge on any atom is -0.380 e. The van der Waals surface area contributed by atoms with E-state index >= 15 is 0 Å². The number of pyridine rings is 1. The molecular formula is C15H16ClN3O. The van der Waals surface area contributed by atoms with E-state index in [1.807, 2.05) is 25.1 Å². The van der Waals surface area contributed by atoms with Crippen molar-refractivity contribution in [2.24, 2.45) is 0 Å². The molecule has 0 aliphatic rings. The van der Waals surface area contributed by atoms with Gasteiger partial charge in [-0.2, -0.15) is 0 Å². The Bertz CT molecular complexity index is 587. The number of carbonyl (C=O) groups excluding carboxylic acids is 1. The number of hydrogen-bond acceptors (Lipinski definition) is 3. The second-order valence-corrected chi connectivity index (χ2v) is 4.71. The highest BCUT2D eigenvalue weighted by Gasteiger charge is 2.04. The molecule has 0 atom stereocenters. The number of nitrogens with zero attached hydrogens (tertiary/aromatic N) is 1. The summed E-state index contributed by atoms with van der Waals surface area (Å²) in [5.41, 5.74) is 2.63. The van der Waals surface area contributed by atoms with E-state index in [0.29, 0.717) is 18.0 Å². The molecule has 0 bridgehead atoms. The third kappa shape index (κ3) is 3.96. The molecule has 1 heterocycles. The van der Waals surface area contributed by atoms with Crippen molar-refractivity contribution in [2.75, 3.05) is 10.6 Å². The first-order valence-corrected chi connectivity index (χ1v) is 6.79. The Labute approximate surface area is 123 Å². The van der Waals surface area contributed by atoms with Crippen molar-refractivity contribution in [3.63, 3.8) is 0 Å². The molecule has 20 heavy (non-hydrogen) atoms. The fourth-order valence-electron chi connectivity index (χ4n) is 1.69. The maximum Gasteiger partial charge on any atom is 0.224 e. The lowest BCUT2D eigenvalue weighted by molar-refractivity contribution is -0.115. The van der Waals surface area contributed by atoms with E-state index in [-0.39, 0.29) is 5.91 Å². The zero-order chi connectivity index (χ0) is 14.4. The third-order valence-electron chi connectivity index (χ3n) is 2.80. The van der Waals surface area contributed by atoms with Gasteiger partial charge in [0, 0.05) is 31.0 Å². The van der Waals surface area contributed by atoms with E-state index in [1.165, 1.54) is 0 Å². The SMILES string of the molecule is CCC(=O)Nc1ccc(Cl)c(NCc2ccncc2)c1. The number of benzene rings is 1. The Morgan fingerprint density at radius 2 is 2.00 bits per heavy atom. The van der Waals surface area contributed by atoms with Crippen LogP contribution in [0.15, 0.2) is 42.7 Å². The van der Waals surface area contributed by atoms with Gasteiger partial charge >= 0.3 is 0 Å². The van der Waals surface area contributed by atoms with Gasteiger partial charge in [-0.1, -0.05) is 18.5 Å². The number of aromatic nitrogens is 1.